The Hall–Kier alpha value is -1.88. The average Bonchev–Trinajstić information content (AvgIpc) is 2.89. The van der Waals surface area contributed by atoms with Gasteiger partial charge in [0.25, 0.3) is 0 Å². The molecule has 3 unspecified atom stereocenters. The molecule has 0 heterocycles. The zero-order valence-corrected chi connectivity index (χ0v) is 11.3. The standard InChI is InChI=1S/C15H20N2O3/c16-9-13(10-4-2-1-3-5-10)14(18)17-12-7-6-11(8-12)15(19)20/h1-5,11-13H,6-9,16H2,(H,17,18)(H,19,20). The highest BCUT2D eigenvalue weighted by atomic mass is 16.4. The number of nitrogens with one attached hydrogen (secondary N) is 1. The van der Waals surface area contributed by atoms with Gasteiger partial charge in [0.1, 0.15) is 0 Å². The van der Waals surface area contributed by atoms with Gasteiger partial charge in [0, 0.05) is 12.6 Å². The number of rotatable bonds is 5. The third-order valence-corrected chi connectivity index (χ3v) is 3.88. The molecule has 5 heteroatoms. The van der Waals surface area contributed by atoms with Gasteiger partial charge in [-0.25, -0.2) is 0 Å². The van der Waals surface area contributed by atoms with Crippen LogP contribution in [0.2, 0.25) is 0 Å². The van der Waals surface area contributed by atoms with Crippen LogP contribution in [-0.2, 0) is 9.59 Å². The number of carbonyl (C=O) groups is 2. The van der Waals surface area contributed by atoms with E-state index in [2.05, 4.69) is 5.32 Å². The van der Waals surface area contributed by atoms with E-state index < -0.39 is 5.97 Å². The molecule has 1 fully saturated rings. The molecule has 0 aliphatic heterocycles. The van der Waals surface area contributed by atoms with Gasteiger partial charge in [-0.05, 0) is 24.8 Å². The number of carboxylic acid groups (broad SMARTS) is 1. The van der Waals surface area contributed by atoms with Crippen molar-refractivity contribution in [2.45, 2.75) is 31.2 Å². The average molecular weight is 276 g/mol. The molecule has 0 bridgehead atoms. The molecular formula is C15H20N2O3. The number of amides is 1. The minimum Gasteiger partial charge on any atom is -0.481 e. The molecule has 0 spiro atoms. The van der Waals surface area contributed by atoms with Crippen LogP contribution >= 0.6 is 0 Å². The minimum absolute atomic E-state index is 0.0543. The lowest BCUT2D eigenvalue weighted by molar-refractivity contribution is -0.141. The van der Waals surface area contributed by atoms with E-state index in [0.29, 0.717) is 12.8 Å². The van der Waals surface area contributed by atoms with Crippen molar-refractivity contribution in [1.82, 2.24) is 5.32 Å². The predicted molar refractivity (Wildman–Crippen MR) is 75.1 cm³/mol. The molecule has 5 nitrogen and oxygen atoms in total. The van der Waals surface area contributed by atoms with Crippen molar-refractivity contribution in [3.05, 3.63) is 35.9 Å². The zero-order chi connectivity index (χ0) is 14.5. The van der Waals surface area contributed by atoms with Crippen LogP contribution in [0.4, 0.5) is 0 Å². The number of aliphatic carboxylic acids is 1. The van der Waals surface area contributed by atoms with Crippen LogP contribution in [0.25, 0.3) is 0 Å². The largest absolute Gasteiger partial charge is 0.481 e. The van der Waals surface area contributed by atoms with E-state index in [1.54, 1.807) is 0 Å². The Kier molecular flexibility index (Phi) is 4.74. The third kappa shape index (κ3) is 3.36. The highest BCUT2D eigenvalue weighted by Crippen LogP contribution is 2.26. The van der Waals surface area contributed by atoms with Crippen molar-refractivity contribution in [2.24, 2.45) is 11.7 Å². The highest BCUT2D eigenvalue weighted by Gasteiger charge is 2.31. The minimum atomic E-state index is -0.778. The molecule has 4 N–H and O–H groups in total. The number of nitrogens with two attached hydrogens (primary N) is 1. The van der Waals surface area contributed by atoms with Crippen molar-refractivity contribution in [3.63, 3.8) is 0 Å². The van der Waals surface area contributed by atoms with Crippen LogP contribution in [0.15, 0.2) is 30.3 Å². The summed E-state index contributed by atoms with van der Waals surface area (Å²) in [5, 5.41) is 11.9. The van der Waals surface area contributed by atoms with E-state index in [-0.39, 0.29) is 30.3 Å². The smallest absolute Gasteiger partial charge is 0.306 e. The third-order valence-electron chi connectivity index (χ3n) is 3.88. The van der Waals surface area contributed by atoms with Gasteiger partial charge in [-0.3, -0.25) is 9.59 Å². The lowest BCUT2D eigenvalue weighted by Gasteiger charge is -2.19. The molecule has 0 radical (unpaired) electrons. The summed E-state index contributed by atoms with van der Waals surface area (Å²) >= 11 is 0. The van der Waals surface area contributed by atoms with Crippen LogP contribution in [-0.4, -0.2) is 29.6 Å². The van der Waals surface area contributed by atoms with Crippen molar-refractivity contribution >= 4 is 11.9 Å². The van der Waals surface area contributed by atoms with Gasteiger partial charge in [-0.2, -0.15) is 0 Å². The first-order valence-corrected chi connectivity index (χ1v) is 6.90. The SMILES string of the molecule is NCC(C(=O)NC1CCC(C(=O)O)C1)c1ccccc1. The van der Waals surface area contributed by atoms with Crippen LogP contribution in [0.5, 0.6) is 0 Å². The Labute approximate surface area is 118 Å². The lowest BCUT2D eigenvalue weighted by Crippen LogP contribution is -2.39. The Balaban J connectivity index is 1.96. The molecule has 3 atom stereocenters. The Morgan fingerprint density at radius 1 is 1.30 bits per heavy atom. The first-order valence-electron chi connectivity index (χ1n) is 6.90. The molecule has 2 rings (SSSR count). The van der Waals surface area contributed by atoms with Crippen LogP contribution < -0.4 is 11.1 Å². The Morgan fingerprint density at radius 3 is 2.55 bits per heavy atom. The fraction of sp³-hybridized carbons (Fsp3) is 0.467. The molecule has 1 amide bonds. The fourth-order valence-electron chi connectivity index (χ4n) is 2.72. The van der Waals surface area contributed by atoms with E-state index >= 15 is 0 Å². The molecule has 0 aromatic heterocycles. The summed E-state index contributed by atoms with van der Waals surface area (Å²) in [4.78, 5) is 23.2. The maximum absolute atomic E-state index is 12.3. The van der Waals surface area contributed by atoms with E-state index in [4.69, 9.17) is 10.8 Å². The summed E-state index contributed by atoms with van der Waals surface area (Å²) in [6.45, 7) is 0.241. The molecule has 1 saturated carbocycles. The highest BCUT2D eigenvalue weighted by molar-refractivity contribution is 5.84. The van der Waals surface area contributed by atoms with E-state index in [0.717, 1.165) is 12.0 Å². The lowest BCUT2D eigenvalue weighted by atomic mass is 9.98. The predicted octanol–water partition coefficient (Wildman–Crippen LogP) is 1.10. The Morgan fingerprint density at radius 2 is 2.00 bits per heavy atom. The normalized spacial score (nSPS) is 23.2. The number of carboxylic acids is 1. The maximum atomic E-state index is 12.3. The van der Waals surface area contributed by atoms with Crippen LogP contribution in [0, 0.1) is 5.92 Å². The maximum Gasteiger partial charge on any atom is 0.306 e. The summed E-state index contributed by atoms with van der Waals surface area (Å²) < 4.78 is 0. The molecule has 1 aromatic carbocycles. The first kappa shape index (κ1) is 14.5. The number of benzene rings is 1. The van der Waals surface area contributed by atoms with Gasteiger partial charge in [-0.15, -0.1) is 0 Å². The van der Waals surface area contributed by atoms with Crippen molar-refractivity contribution < 1.29 is 14.7 Å². The van der Waals surface area contributed by atoms with Gasteiger partial charge in [0.05, 0.1) is 11.8 Å². The molecular weight excluding hydrogens is 256 g/mol. The number of hydrogen-bond donors (Lipinski definition) is 3. The second-order valence-corrected chi connectivity index (χ2v) is 5.25. The quantitative estimate of drug-likeness (QED) is 0.751. The van der Waals surface area contributed by atoms with Crippen molar-refractivity contribution in [3.8, 4) is 0 Å². The van der Waals surface area contributed by atoms with Gasteiger partial charge in [-0.1, -0.05) is 30.3 Å². The van der Waals surface area contributed by atoms with Crippen molar-refractivity contribution in [1.29, 1.82) is 0 Å². The Bertz CT molecular complexity index is 475. The van der Waals surface area contributed by atoms with Gasteiger partial charge < -0.3 is 16.2 Å². The zero-order valence-electron chi connectivity index (χ0n) is 11.3. The van der Waals surface area contributed by atoms with E-state index in [9.17, 15) is 9.59 Å². The summed E-state index contributed by atoms with van der Waals surface area (Å²) in [7, 11) is 0. The van der Waals surface area contributed by atoms with Crippen LogP contribution in [0.3, 0.4) is 0 Å². The topological polar surface area (TPSA) is 92.4 Å². The molecule has 1 aliphatic carbocycles. The second kappa shape index (κ2) is 6.52. The first-order chi connectivity index (χ1) is 9.61. The fourth-order valence-corrected chi connectivity index (χ4v) is 2.72. The molecule has 1 aliphatic rings. The van der Waals surface area contributed by atoms with Crippen LogP contribution in [0.1, 0.15) is 30.7 Å². The van der Waals surface area contributed by atoms with Gasteiger partial charge in [0.2, 0.25) is 5.91 Å². The molecule has 1 aromatic rings. The van der Waals surface area contributed by atoms with Gasteiger partial charge >= 0.3 is 5.97 Å². The summed E-state index contributed by atoms with van der Waals surface area (Å²) in [6, 6.07) is 9.35. The van der Waals surface area contributed by atoms with Crippen molar-refractivity contribution in [2.75, 3.05) is 6.54 Å². The second-order valence-electron chi connectivity index (χ2n) is 5.25. The number of carbonyl (C=O) groups excluding carboxylic acids is 1. The summed E-state index contributed by atoms with van der Waals surface area (Å²) in [5.41, 5.74) is 6.59. The summed E-state index contributed by atoms with van der Waals surface area (Å²) in [6.07, 6.45) is 1.85. The van der Waals surface area contributed by atoms with E-state index in [1.165, 1.54) is 0 Å². The monoisotopic (exact) mass is 276 g/mol. The molecule has 0 saturated heterocycles. The number of hydrogen-bond acceptors (Lipinski definition) is 3. The molecule has 20 heavy (non-hydrogen) atoms. The molecule has 108 valence electrons. The summed E-state index contributed by atoms with van der Waals surface area (Å²) in [5.74, 6) is -1.61. The van der Waals surface area contributed by atoms with Gasteiger partial charge in [0.15, 0.2) is 0 Å². The van der Waals surface area contributed by atoms with E-state index in [1.807, 2.05) is 30.3 Å².